The SMILES string of the molecule is Cc1cc(N2CCn3c(nc4ccccc43)C2)ccc1NC(=O)Cn1nc(C)c2ccccc2c1=O. The van der Waals surface area contributed by atoms with E-state index in [2.05, 4.69) is 38.1 Å². The molecular weight excluding hydrogens is 452 g/mol. The molecule has 180 valence electrons. The lowest BCUT2D eigenvalue weighted by molar-refractivity contribution is -0.117. The van der Waals surface area contributed by atoms with Crippen LogP contribution in [0.25, 0.3) is 21.8 Å². The van der Waals surface area contributed by atoms with E-state index in [1.54, 1.807) is 6.07 Å². The number of anilines is 2. The molecule has 2 aromatic heterocycles. The molecule has 0 spiro atoms. The number of hydrogen-bond acceptors (Lipinski definition) is 5. The Hall–Kier alpha value is -4.46. The highest BCUT2D eigenvalue weighted by atomic mass is 16.2. The molecule has 0 fully saturated rings. The smallest absolute Gasteiger partial charge is 0.275 e. The second-order valence-electron chi connectivity index (χ2n) is 9.23. The van der Waals surface area contributed by atoms with Gasteiger partial charge in [-0.3, -0.25) is 9.59 Å². The van der Waals surface area contributed by atoms with Gasteiger partial charge in [-0.2, -0.15) is 5.10 Å². The summed E-state index contributed by atoms with van der Waals surface area (Å²) in [5.74, 6) is 0.767. The number of carbonyl (C=O) groups excluding carboxylic acids is 1. The van der Waals surface area contributed by atoms with Crippen molar-refractivity contribution >= 4 is 39.1 Å². The summed E-state index contributed by atoms with van der Waals surface area (Å²) in [7, 11) is 0. The van der Waals surface area contributed by atoms with E-state index < -0.39 is 0 Å². The van der Waals surface area contributed by atoms with Crippen molar-refractivity contribution in [1.29, 1.82) is 0 Å². The van der Waals surface area contributed by atoms with Gasteiger partial charge in [-0.25, -0.2) is 9.67 Å². The van der Waals surface area contributed by atoms with Crippen LogP contribution in [-0.2, 0) is 24.4 Å². The predicted molar refractivity (Wildman–Crippen MR) is 141 cm³/mol. The van der Waals surface area contributed by atoms with E-state index in [9.17, 15) is 9.59 Å². The summed E-state index contributed by atoms with van der Waals surface area (Å²) >= 11 is 0. The summed E-state index contributed by atoms with van der Waals surface area (Å²) in [6.07, 6.45) is 0. The number of amides is 1. The monoisotopic (exact) mass is 478 g/mol. The third-order valence-electron chi connectivity index (χ3n) is 6.85. The predicted octanol–water partition coefficient (Wildman–Crippen LogP) is 4.02. The fourth-order valence-electron chi connectivity index (χ4n) is 5.01. The number of para-hydroxylation sites is 2. The van der Waals surface area contributed by atoms with Crippen LogP contribution in [-0.4, -0.2) is 31.8 Å². The summed E-state index contributed by atoms with van der Waals surface area (Å²) in [5.41, 5.74) is 5.42. The van der Waals surface area contributed by atoms with Crippen LogP contribution < -0.4 is 15.8 Å². The molecule has 0 radical (unpaired) electrons. The van der Waals surface area contributed by atoms with E-state index in [1.807, 2.05) is 56.3 Å². The van der Waals surface area contributed by atoms with E-state index >= 15 is 0 Å². The highest BCUT2D eigenvalue weighted by Gasteiger charge is 2.21. The van der Waals surface area contributed by atoms with Gasteiger partial charge in [0.05, 0.1) is 28.7 Å². The van der Waals surface area contributed by atoms with Crippen molar-refractivity contribution in [2.24, 2.45) is 0 Å². The molecule has 5 aromatic rings. The van der Waals surface area contributed by atoms with Gasteiger partial charge in [0.1, 0.15) is 12.4 Å². The first-order chi connectivity index (χ1) is 17.5. The van der Waals surface area contributed by atoms with Gasteiger partial charge in [0.15, 0.2) is 0 Å². The minimum atomic E-state index is -0.290. The number of hydrogen-bond donors (Lipinski definition) is 1. The molecule has 8 nitrogen and oxygen atoms in total. The molecule has 1 N–H and O–H groups in total. The minimum absolute atomic E-state index is 0.145. The topological polar surface area (TPSA) is 85.1 Å². The third-order valence-corrected chi connectivity index (χ3v) is 6.85. The molecule has 8 heteroatoms. The number of benzene rings is 3. The lowest BCUT2D eigenvalue weighted by atomic mass is 10.1. The standard InChI is InChI=1S/C28H26N6O2/c1-18-15-20(32-13-14-33-25-10-6-5-9-24(25)29-26(33)16-32)11-12-23(18)30-27(35)17-34-28(36)22-8-4-3-7-21(22)19(2)31-34/h3-12,15H,13-14,16-17H2,1-2H3,(H,30,35). The average Bonchev–Trinajstić information content (AvgIpc) is 3.26. The highest BCUT2D eigenvalue weighted by Crippen LogP contribution is 2.27. The molecule has 1 aliphatic heterocycles. The van der Waals surface area contributed by atoms with Crippen molar-refractivity contribution in [1.82, 2.24) is 19.3 Å². The Morgan fingerprint density at radius 2 is 1.75 bits per heavy atom. The van der Waals surface area contributed by atoms with Crippen LogP contribution in [0.3, 0.4) is 0 Å². The number of carbonyl (C=O) groups is 1. The Labute approximate surface area is 207 Å². The maximum atomic E-state index is 12.8. The summed E-state index contributed by atoms with van der Waals surface area (Å²) < 4.78 is 3.52. The summed E-state index contributed by atoms with van der Waals surface area (Å²) in [4.78, 5) is 32.7. The van der Waals surface area contributed by atoms with E-state index in [1.165, 1.54) is 10.2 Å². The van der Waals surface area contributed by atoms with Crippen molar-refractivity contribution in [3.8, 4) is 0 Å². The molecule has 0 saturated heterocycles. The third kappa shape index (κ3) is 3.80. The largest absolute Gasteiger partial charge is 0.362 e. The maximum Gasteiger partial charge on any atom is 0.275 e. The lowest BCUT2D eigenvalue weighted by Crippen LogP contribution is -2.33. The second-order valence-corrected chi connectivity index (χ2v) is 9.23. The molecule has 1 amide bonds. The Morgan fingerprint density at radius 3 is 2.58 bits per heavy atom. The fraction of sp³-hybridized carbons (Fsp3) is 0.214. The molecule has 0 aliphatic carbocycles. The van der Waals surface area contributed by atoms with Crippen LogP contribution >= 0.6 is 0 Å². The molecule has 1 aliphatic rings. The van der Waals surface area contributed by atoms with Crippen LogP contribution in [0.2, 0.25) is 0 Å². The van der Waals surface area contributed by atoms with Crippen LogP contribution in [0.1, 0.15) is 17.1 Å². The van der Waals surface area contributed by atoms with E-state index in [0.717, 1.165) is 53.3 Å². The quantitative estimate of drug-likeness (QED) is 0.422. The molecule has 3 aromatic carbocycles. The Bertz CT molecular complexity index is 1700. The normalized spacial score (nSPS) is 13.2. The van der Waals surface area contributed by atoms with Gasteiger partial charge < -0.3 is 14.8 Å². The molecule has 0 atom stereocenters. The van der Waals surface area contributed by atoms with Crippen LogP contribution in [0.5, 0.6) is 0 Å². The Kier molecular flexibility index (Phi) is 5.29. The van der Waals surface area contributed by atoms with E-state index in [0.29, 0.717) is 11.1 Å². The molecule has 0 unspecified atom stereocenters. The highest BCUT2D eigenvalue weighted by molar-refractivity contribution is 5.92. The Balaban J connectivity index is 1.18. The zero-order chi connectivity index (χ0) is 24.8. The van der Waals surface area contributed by atoms with Crippen molar-refractivity contribution < 1.29 is 4.79 Å². The van der Waals surface area contributed by atoms with Crippen LogP contribution in [0.15, 0.2) is 71.5 Å². The number of aryl methyl sites for hydroxylation is 2. The lowest BCUT2D eigenvalue weighted by Gasteiger charge is -2.30. The van der Waals surface area contributed by atoms with Gasteiger partial charge in [-0.05, 0) is 55.8 Å². The van der Waals surface area contributed by atoms with Crippen molar-refractivity contribution in [2.75, 3.05) is 16.8 Å². The first kappa shape index (κ1) is 22.0. The minimum Gasteiger partial charge on any atom is -0.362 e. The van der Waals surface area contributed by atoms with Gasteiger partial charge in [-0.15, -0.1) is 0 Å². The van der Waals surface area contributed by atoms with Crippen molar-refractivity contribution in [3.05, 3.63) is 94.2 Å². The first-order valence-corrected chi connectivity index (χ1v) is 12.0. The van der Waals surface area contributed by atoms with Crippen LogP contribution in [0, 0.1) is 13.8 Å². The van der Waals surface area contributed by atoms with E-state index in [4.69, 9.17) is 4.98 Å². The number of nitrogens with one attached hydrogen (secondary N) is 1. The van der Waals surface area contributed by atoms with Crippen molar-refractivity contribution in [2.45, 2.75) is 33.5 Å². The zero-order valence-electron chi connectivity index (χ0n) is 20.2. The van der Waals surface area contributed by atoms with Gasteiger partial charge in [-0.1, -0.05) is 30.3 Å². The first-order valence-electron chi connectivity index (χ1n) is 12.0. The van der Waals surface area contributed by atoms with Gasteiger partial charge in [0, 0.05) is 29.9 Å². The summed E-state index contributed by atoms with van der Waals surface area (Å²) in [6.45, 7) is 6.16. The number of fused-ring (bicyclic) bond motifs is 4. The van der Waals surface area contributed by atoms with Gasteiger partial charge in [0.25, 0.3) is 5.56 Å². The average molecular weight is 479 g/mol. The van der Waals surface area contributed by atoms with Gasteiger partial charge >= 0.3 is 0 Å². The Morgan fingerprint density at radius 1 is 0.972 bits per heavy atom. The zero-order valence-corrected chi connectivity index (χ0v) is 20.2. The van der Waals surface area contributed by atoms with E-state index in [-0.39, 0.29) is 18.0 Å². The van der Waals surface area contributed by atoms with Gasteiger partial charge in [0.2, 0.25) is 5.91 Å². The van der Waals surface area contributed by atoms with Crippen molar-refractivity contribution in [3.63, 3.8) is 0 Å². The summed E-state index contributed by atoms with van der Waals surface area (Å²) in [5, 5.41) is 8.65. The summed E-state index contributed by atoms with van der Waals surface area (Å²) in [6, 6.07) is 21.6. The molecular formula is C28H26N6O2. The number of nitrogens with zero attached hydrogens (tertiary/aromatic N) is 5. The number of imidazole rings is 1. The molecule has 0 saturated carbocycles. The maximum absolute atomic E-state index is 12.8. The molecule has 6 rings (SSSR count). The molecule has 36 heavy (non-hydrogen) atoms. The molecule has 0 bridgehead atoms. The molecule has 3 heterocycles. The second kappa shape index (κ2) is 8.64. The number of rotatable bonds is 4. The fourth-order valence-corrected chi connectivity index (χ4v) is 5.01. The number of aromatic nitrogens is 4. The van der Waals surface area contributed by atoms with Crippen LogP contribution in [0.4, 0.5) is 11.4 Å².